The van der Waals surface area contributed by atoms with Crippen molar-refractivity contribution < 1.29 is 14.6 Å². The fraction of sp³-hybridized carbons (Fsp3) is 0.875. The lowest BCUT2D eigenvalue weighted by Crippen LogP contribution is -2.37. The van der Waals surface area contributed by atoms with Crippen molar-refractivity contribution >= 4 is 5.97 Å². The van der Waals surface area contributed by atoms with Gasteiger partial charge in [0.15, 0.2) is 0 Å². The number of carbonyl (C=O) groups is 1. The maximum absolute atomic E-state index is 11.0. The summed E-state index contributed by atoms with van der Waals surface area (Å²) in [5.74, 6) is -0.482. The summed E-state index contributed by atoms with van der Waals surface area (Å²) >= 11 is 0. The first-order valence-corrected chi connectivity index (χ1v) is 4.31. The van der Waals surface area contributed by atoms with E-state index < -0.39 is 12.0 Å². The van der Waals surface area contributed by atoms with Crippen molar-refractivity contribution in [1.29, 1.82) is 0 Å². The van der Waals surface area contributed by atoms with E-state index in [1.165, 1.54) is 0 Å². The highest BCUT2D eigenvalue weighted by Gasteiger charge is 2.22. The molecule has 0 saturated heterocycles. The summed E-state index contributed by atoms with van der Waals surface area (Å²) in [4.78, 5) is 11.0. The van der Waals surface area contributed by atoms with Gasteiger partial charge in [-0.25, -0.2) is 0 Å². The van der Waals surface area contributed by atoms with Gasteiger partial charge in [0.25, 0.3) is 0 Å². The van der Waals surface area contributed by atoms with Crippen LogP contribution in [-0.4, -0.2) is 29.8 Å². The predicted octanol–water partition coefficient (Wildman–Crippen LogP) is -0.208. The minimum absolute atomic E-state index is 0.0371. The van der Waals surface area contributed by atoms with Crippen LogP contribution in [0.25, 0.3) is 0 Å². The van der Waals surface area contributed by atoms with Crippen molar-refractivity contribution in [2.75, 3.05) is 6.61 Å². The largest absolute Gasteiger partial charge is 0.461 e. The first-order valence-electron chi connectivity index (χ1n) is 4.31. The number of hydrogen-bond acceptors (Lipinski definition) is 4. The third kappa shape index (κ3) is 2.46. The molecule has 0 bridgehead atoms. The van der Waals surface area contributed by atoms with Gasteiger partial charge in [0, 0.05) is 0 Å². The van der Waals surface area contributed by atoms with E-state index in [4.69, 9.17) is 15.6 Å². The van der Waals surface area contributed by atoms with Gasteiger partial charge in [-0.2, -0.15) is 0 Å². The summed E-state index contributed by atoms with van der Waals surface area (Å²) in [5, 5.41) is 8.55. The lowest BCUT2D eigenvalue weighted by molar-refractivity contribution is -0.151. The molecular weight excluding hydrogens is 158 g/mol. The molecule has 0 aromatic rings. The monoisotopic (exact) mass is 173 g/mol. The van der Waals surface area contributed by atoms with E-state index in [1.807, 2.05) is 0 Å². The third-order valence-electron chi connectivity index (χ3n) is 2.08. The second-order valence-electron chi connectivity index (χ2n) is 3.13. The Morgan fingerprint density at radius 1 is 1.58 bits per heavy atom. The average Bonchev–Trinajstić information content (AvgIpc) is 2.55. The van der Waals surface area contributed by atoms with Crippen molar-refractivity contribution in [3.63, 3.8) is 0 Å². The molecule has 4 nitrogen and oxygen atoms in total. The number of aliphatic hydroxyl groups excluding tert-OH is 1. The third-order valence-corrected chi connectivity index (χ3v) is 2.08. The minimum Gasteiger partial charge on any atom is -0.461 e. The van der Waals surface area contributed by atoms with Crippen LogP contribution in [0.1, 0.15) is 25.7 Å². The summed E-state index contributed by atoms with van der Waals surface area (Å²) in [6.07, 6.45) is 4.14. The van der Waals surface area contributed by atoms with E-state index >= 15 is 0 Å². The van der Waals surface area contributed by atoms with Crippen LogP contribution in [0.2, 0.25) is 0 Å². The molecule has 3 N–H and O–H groups in total. The highest BCUT2D eigenvalue weighted by molar-refractivity contribution is 5.75. The summed E-state index contributed by atoms with van der Waals surface area (Å²) in [6.45, 7) is -0.342. The van der Waals surface area contributed by atoms with Gasteiger partial charge in [0.2, 0.25) is 0 Å². The number of aliphatic hydroxyl groups is 1. The highest BCUT2D eigenvalue weighted by atomic mass is 16.5. The molecule has 1 atom stereocenters. The molecule has 0 spiro atoms. The van der Waals surface area contributed by atoms with Crippen LogP contribution in [0, 0.1) is 0 Å². The highest BCUT2D eigenvalue weighted by Crippen LogP contribution is 2.21. The maximum Gasteiger partial charge on any atom is 0.325 e. The van der Waals surface area contributed by atoms with Gasteiger partial charge in [-0.1, -0.05) is 0 Å². The lowest BCUT2D eigenvalue weighted by atomic mass is 10.3. The SMILES string of the molecule is N[C@@H](CO)C(=O)OC1CCCC1. The smallest absolute Gasteiger partial charge is 0.325 e. The zero-order valence-electron chi connectivity index (χ0n) is 7.03. The van der Waals surface area contributed by atoms with Gasteiger partial charge in [0.1, 0.15) is 12.1 Å². The molecule has 4 heteroatoms. The molecule has 0 aliphatic heterocycles. The van der Waals surface area contributed by atoms with Crippen molar-refractivity contribution in [2.45, 2.75) is 37.8 Å². The molecule has 70 valence electrons. The van der Waals surface area contributed by atoms with Crippen molar-refractivity contribution in [3.05, 3.63) is 0 Å². The van der Waals surface area contributed by atoms with Gasteiger partial charge in [-0.15, -0.1) is 0 Å². The molecule has 0 aromatic heterocycles. The Balaban J connectivity index is 2.25. The van der Waals surface area contributed by atoms with Crippen LogP contribution < -0.4 is 5.73 Å². The number of ether oxygens (including phenoxy) is 1. The Kier molecular flexibility index (Phi) is 3.49. The Morgan fingerprint density at radius 2 is 2.17 bits per heavy atom. The van der Waals surface area contributed by atoms with Crippen LogP contribution in [-0.2, 0) is 9.53 Å². The number of rotatable bonds is 3. The van der Waals surface area contributed by atoms with E-state index in [0.717, 1.165) is 25.7 Å². The first kappa shape index (κ1) is 9.48. The summed E-state index contributed by atoms with van der Waals surface area (Å²) in [7, 11) is 0. The van der Waals surface area contributed by atoms with E-state index in [2.05, 4.69) is 0 Å². The summed E-state index contributed by atoms with van der Waals surface area (Å²) in [5.41, 5.74) is 5.27. The van der Waals surface area contributed by atoms with Gasteiger partial charge >= 0.3 is 5.97 Å². The zero-order valence-corrected chi connectivity index (χ0v) is 7.03. The van der Waals surface area contributed by atoms with Gasteiger partial charge in [-0.3, -0.25) is 4.79 Å². The van der Waals surface area contributed by atoms with Crippen LogP contribution in [0.3, 0.4) is 0 Å². The molecule has 1 rings (SSSR count). The quantitative estimate of drug-likeness (QED) is 0.579. The zero-order chi connectivity index (χ0) is 8.97. The first-order chi connectivity index (χ1) is 5.74. The molecular formula is C8H15NO3. The van der Waals surface area contributed by atoms with E-state index in [0.29, 0.717) is 0 Å². The topological polar surface area (TPSA) is 72.5 Å². The molecule has 1 aliphatic rings. The second kappa shape index (κ2) is 4.42. The summed E-state index contributed by atoms with van der Waals surface area (Å²) in [6, 6.07) is -0.870. The molecule has 1 fully saturated rings. The standard InChI is InChI=1S/C8H15NO3/c9-7(5-10)8(11)12-6-3-1-2-4-6/h6-7,10H,1-5,9H2/t7-/m0/s1. The van der Waals surface area contributed by atoms with Gasteiger partial charge in [0.05, 0.1) is 6.61 Å². The minimum atomic E-state index is -0.870. The normalized spacial score (nSPS) is 20.8. The van der Waals surface area contributed by atoms with Crippen LogP contribution in [0.4, 0.5) is 0 Å². The van der Waals surface area contributed by atoms with Crippen LogP contribution in [0.15, 0.2) is 0 Å². The number of esters is 1. The predicted molar refractivity (Wildman–Crippen MR) is 43.4 cm³/mol. The Hall–Kier alpha value is -0.610. The molecule has 1 saturated carbocycles. The number of hydrogen-bond donors (Lipinski definition) is 2. The average molecular weight is 173 g/mol. The maximum atomic E-state index is 11.0. The van der Waals surface area contributed by atoms with Crippen LogP contribution >= 0.6 is 0 Å². The number of nitrogens with two attached hydrogens (primary N) is 1. The molecule has 0 aromatic carbocycles. The molecule has 0 unspecified atom stereocenters. The summed E-state index contributed by atoms with van der Waals surface area (Å²) < 4.78 is 5.04. The molecule has 0 radical (unpaired) electrons. The van der Waals surface area contributed by atoms with Crippen molar-refractivity contribution in [2.24, 2.45) is 5.73 Å². The molecule has 1 aliphatic carbocycles. The Labute approximate surface area is 71.7 Å². The van der Waals surface area contributed by atoms with Crippen molar-refractivity contribution in [3.8, 4) is 0 Å². The second-order valence-corrected chi connectivity index (χ2v) is 3.13. The van der Waals surface area contributed by atoms with Gasteiger partial charge in [-0.05, 0) is 25.7 Å². The lowest BCUT2D eigenvalue weighted by Gasteiger charge is -2.13. The van der Waals surface area contributed by atoms with E-state index in [-0.39, 0.29) is 12.7 Å². The molecule has 12 heavy (non-hydrogen) atoms. The Bertz CT molecular complexity index is 154. The molecule has 0 amide bonds. The fourth-order valence-corrected chi connectivity index (χ4v) is 1.33. The number of carbonyl (C=O) groups excluding carboxylic acids is 1. The van der Waals surface area contributed by atoms with E-state index in [9.17, 15) is 4.79 Å². The fourth-order valence-electron chi connectivity index (χ4n) is 1.33. The van der Waals surface area contributed by atoms with Crippen LogP contribution in [0.5, 0.6) is 0 Å². The van der Waals surface area contributed by atoms with E-state index in [1.54, 1.807) is 0 Å². The van der Waals surface area contributed by atoms with Gasteiger partial charge < -0.3 is 15.6 Å². The Morgan fingerprint density at radius 3 is 2.67 bits per heavy atom. The van der Waals surface area contributed by atoms with Crippen molar-refractivity contribution in [1.82, 2.24) is 0 Å². The molecule has 0 heterocycles.